The molecule has 0 heterocycles. The molecule has 0 radical (unpaired) electrons. The van der Waals surface area contributed by atoms with Crippen LogP contribution in [0.15, 0.2) is 0 Å². The fourth-order valence-corrected chi connectivity index (χ4v) is 2.68. The molecule has 0 aliphatic rings. The van der Waals surface area contributed by atoms with Gasteiger partial charge in [0.1, 0.15) is 5.25 Å². The second kappa shape index (κ2) is 9.48. The first-order valence-electron chi connectivity index (χ1n) is 6.88. The summed E-state index contributed by atoms with van der Waals surface area (Å²) in [5.41, 5.74) is 0. The van der Waals surface area contributed by atoms with Crippen molar-refractivity contribution in [3.8, 4) is 0 Å². The highest BCUT2D eigenvalue weighted by Crippen LogP contribution is 2.39. The molecular formula is C13H21F5O2S. The van der Waals surface area contributed by atoms with Crippen LogP contribution in [0.25, 0.3) is 0 Å². The van der Waals surface area contributed by atoms with Crippen LogP contribution >= 0.6 is 11.8 Å². The van der Waals surface area contributed by atoms with Crippen LogP contribution in [0.5, 0.6) is 0 Å². The molecule has 0 spiro atoms. The number of alkyl halides is 5. The van der Waals surface area contributed by atoms with Crippen LogP contribution in [0, 0.1) is 0 Å². The van der Waals surface area contributed by atoms with Crippen molar-refractivity contribution in [1.82, 2.24) is 0 Å². The number of carbonyl (C=O) groups is 1. The summed E-state index contributed by atoms with van der Waals surface area (Å²) in [5.74, 6) is -5.70. The first kappa shape index (κ1) is 20.5. The highest BCUT2D eigenvalue weighted by molar-refractivity contribution is 8.00. The van der Waals surface area contributed by atoms with E-state index in [9.17, 15) is 26.7 Å². The van der Waals surface area contributed by atoms with Crippen LogP contribution < -0.4 is 0 Å². The Labute approximate surface area is 125 Å². The van der Waals surface area contributed by atoms with E-state index < -0.39 is 35.5 Å². The van der Waals surface area contributed by atoms with Gasteiger partial charge in [-0.3, -0.25) is 4.79 Å². The SMILES string of the molecule is CCCCOC(=O)C(CCC)SCCC(F)(F)C(F)(F)F. The highest BCUT2D eigenvalue weighted by Gasteiger charge is 2.56. The summed E-state index contributed by atoms with van der Waals surface area (Å²) in [6, 6.07) is 0. The molecule has 0 saturated heterocycles. The number of thioether (sulfide) groups is 1. The normalized spacial score (nSPS) is 14.0. The van der Waals surface area contributed by atoms with Crippen LogP contribution in [0.2, 0.25) is 0 Å². The minimum absolute atomic E-state index is 0.245. The Balaban J connectivity index is 4.30. The van der Waals surface area contributed by atoms with E-state index in [2.05, 4.69) is 0 Å². The van der Waals surface area contributed by atoms with Crippen molar-refractivity contribution in [3.05, 3.63) is 0 Å². The zero-order chi connectivity index (χ0) is 16.5. The second-order valence-corrected chi connectivity index (χ2v) is 5.93. The third-order valence-corrected chi connectivity index (χ3v) is 3.98. The van der Waals surface area contributed by atoms with Crippen molar-refractivity contribution < 1.29 is 31.5 Å². The minimum atomic E-state index is -5.55. The smallest absolute Gasteiger partial charge is 0.453 e. The molecule has 1 atom stereocenters. The van der Waals surface area contributed by atoms with Crippen LogP contribution in [0.4, 0.5) is 22.0 Å². The monoisotopic (exact) mass is 336 g/mol. The summed E-state index contributed by atoms with van der Waals surface area (Å²) in [4.78, 5) is 11.7. The van der Waals surface area contributed by atoms with Crippen molar-refractivity contribution in [3.63, 3.8) is 0 Å². The van der Waals surface area contributed by atoms with E-state index in [1.807, 2.05) is 6.92 Å². The third kappa shape index (κ3) is 7.87. The maximum absolute atomic E-state index is 12.8. The molecule has 0 aliphatic carbocycles. The average molecular weight is 336 g/mol. The molecule has 0 N–H and O–H groups in total. The van der Waals surface area contributed by atoms with E-state index in [0.717, 1.165) is 18.2 Å². The number of hydrogen-bond donors (Lipinski definition) is 0. The van der Waals surface area contributed by atoms with E-state index in [4.69, 9.17) is 4.74 Å². The maximum atomic E-state index is 12.8. The lowest BCUT2D eigenvalue weighted by atomic mass is 10.2. The van der Waals surface area contributed by atoms with Crippen molar-refractivity contribution >= 4 is 17.7 Å². The van der Waals surface area contributed by atoms with Gasteiger partial charge in [-0.25, -0.2) is 0 Å². The number of rotatable bonds is 10. The molecule has 0 bridgehead atoms. The first-order chi connectivity index (χ1) is 9.65. The third-order valence-electron chi connectivity index (χ3n) is 2.71. The molecule has 0 fully saturated rings. The predicted molar refractivity (Wildman–Crippen MR) is 72.6 cm³/mol. The number of carbonyl (C=O) groups excluding carboxylic acids is 1. The van der Waals surface area contributed by atoms with E-state index >= 15 is 0 Å². The minimum Gasteiger partial charge on any atom is -0.465 e. The van der Waals surface area contributed by atoms with Gasteiger partial charge < -0.3 is 4.74 Å². The van der Waals surface area contributed by atoms with Gasteiger partial charge in [0.05, 0.1) is 6.61 Å². The Hall–Kier alpha value is -0.530. The molecule has 21 heavy (non-hydrogen) atoms. The van der Waals surface area contributed by atoms with Gasteiger partial charge in [-0.15, -0.1) is 11.8 Å². The molecule has 0 saturated carbocycles. The Morgan fingerprint density at radius 3 is 2.24 bits per heavy atom. The van der Waals surface area contributed by atoms with Crippen LogP contribution in [-0.2, 0) is 9.53 Å². The Morgan fingerprint density at radius 1 is 1.14 bits per heavy atom. The number of unbranched alkanes of at least 4 members (excludes halogenated alkanes) is 1. The maximum Gasteiger partial charge on any atom is 0.453 e. The Morgan fingerprint density at radius 2 is 1.76 bits per heavy atom. The fraction of sp³-hybridized carbons (Fsp3) is 0.923. The van der Waals surface area contributed by atoms with Gasteiger partial charge in [0.2, 0.25) is 0 Å². The van der Waals surface area contributed by atoms with Crippen molar-refractivity contribution in [2.24, 2.45) is 0 Å². The van der Waals surface area contributed by atoms with Crippen molar-refractivity contribution in [1.29, 1.82) is 0 Å². The second-order valence-electron chi connectivity index (χ2n) is 4.62. The van der Waals surface area contributed by atoms with Gasteiger partial charge in [-0.1, -0.05) is 26.7 Å². The molecular weight excluding hydrogens is 315 g/mol. The van der Waals surface area contributed by atoms with Gasteiger partial charge in [0, 0.05) is 12.2 Å². The standard InChI is InChI=1S/C13H21F5O2S/c1-3-5-8-20-11(19)10(6-4-2)21-9-7-12(14,15)13(16,17)18/h10H,3-9H2,1-2H3. The number of esters is 1. The molecule has 0 aromatic heterocycles. The molecule has 0 aromatic carbocycles. The average Bonchev–Trinajstić information content (AvgIpc) is 2.36. The number of halogens is 5. The van der Waals surface area contributed by atoms with E-state index in [1.165, 1.54) is 0 Å². The summed E-state index contributed by atoms with van der Waals surface area (Å²) in [6.07, 6.45) is -4.32. The lowest BCUT2D eigenvalue weighted by Gasteiger charge is -2.20. The first-order valence-corrected chi connectivity index (χ1v) is 7.93. The van der Waals surface area contributed by atoms with Crippen LogP contribution in [-0.4, -0.2) is 35.7 Å². The summed E-state index contributed by atoms with van der Waals surface area (Å²) < 4.78 is 66.6. The van der Waals surface area contributed by atoms with Gasteiger partial charge >= 0.3 is 18.1 Å². The molecule has 0 amide bonds. The highest BCUT2D eigenvalue weighted by atomic mass is 32.2. The Bertz CT molecular complexity index is 307. The lowest BCUT2D eigenvalue weighted by Crippen LogP contribution is -2.37. The van der Waals surface area contributed by atoms with Crippen LogP contribution in [0.1, 0.15) is 46.0 Å². The fourth-order valence-electron chi connectivity index (χ4n) is 1.41. The quantitative estimate of drug-likeness (QED) is 0.325. The topological polar surface area (TPSA) is 26.3 Å². The molecule has 2 nitrogen and oxygen atoms in total. The number of ether oxygens (including phenoxy) is 1. The zero-order valence-electron chi connectivity index (χ0n) is 12.1. The Kier molecular flexibility index (Phi) is 9.24. The van der Waals surface area contributed by atoms with Crippen molar-refractivity contribution in [2.75, 3.05) is 12.4 Å². The van der Waals surface area contributed by atoms with Gasteiger partial charge in [0.15, 0.2) is 0 Å². The molecule has 8 heteroatoms. The molecule has 0 rings (SSSR count). The van der Waals surface area contributed by atoms with E-state index in [0.29, 0.717) is 19.3 Å². The van der Waals surface area contributed by atoms with E-state index in [1.54, 1.807) is 6.92 Å². The van der Waals surface area contributed by atoms with Crippen LogP contribution in [0.3, 0.4) is 0 Å². The predicted octanol–water partition coefficient (Wildman–Crippen LogP) is 4.82. The number of hydrogen-bond acceptors (Lipinski definition) is 3. The molecule has 0 aliphatic heterocycles. The summed E-state index contributed by atoms with van der Waals surface area (Å²) in [5, 5.41) is -0.684. The van der Waals surface area contributed by atoms with Crippen molar-refractivity contribution in [2.45, 2.75) is 63.3 Å². The summed E-state index contributed by atoms with van der Waals surface area (Å²) in [6.45, 7) is 3.97. The zero-order valence-corrected chi connectivity index (χ0v) is 13.0. The largest absolute Gasteiger partial charge is 0.465 e. The van der Waals surface area contributed by atoms with Gasteiger partial charge in [-0.05, 0) is 12.8 Å². The lowest BCUT2D eigenvalue weighted by molar-refractivity contribution is -0.282. The van der Waals surface area contributed by atoms with E-state index in [-0.39, 0.29) is 6.61 Å². The molecule has 0 aromatic rings. The summed E-state index contributed by atoms with van der Waals surface area (Å²) >= 11 is 0.801. The summed E-state index contributed by atoms with van der Waals surface area (Å²) in [7, 11) is 0. The molecule has 126 valence electrons. The molecule has 1 unspecified atom stereocenters. The van der Waals surface area contributed by atoms with Gasteiger partial charge in [0.25, 0.3) is 0 Å². The van der Waals surface area contributed by atoms with Gasteiger partial charge in [-0.2, -0.15) is 22.0 Å².